The number of carbonyl (C=O) groups is 1. The Kier molecular flexibility index (Phi) is 3.08. The van der Waals surface area contributed by atoms with Gasteiger partial charge >= 0.3 is 122 Å². The van der Waals surface area contributed by atoms with Gasteiger partial charge in [-0.05, 0) is 0 Å². The van der Waals surface area contributed by atoms with Crippen molar-refractivity contribution in [1.29, 1.82) is 0 Å². The van der Waals surface area contributed by atoms with Crippen LogP contribution in [0.25, 0.3) is 0 Å². The summed E-state index contributed by atoms with van der Waals surface area (Å²) in [6.07, 6.45) is 0. The molecule has 1 aliphatic heterocycles. The molecule has 0 aliphatic carbocycles. The van der Waals surface area contributed by atoms with Gasteiger partial charge in [0, 0.05) is 0 Å². The Balaban J connectivity index is 2.19. The van der Waals surface area contributed by atoms with Crippen LogP contribution in [0.1, 0.15) is 27.0 Å². The summed E-state index contributed by atoms with van der Waals surface area (Å²) in [5, 5.41) is 0. The average Bonchev–Trinajstić information content (AvgIpc) is 2.64. The van der Waals surface area contributed by atoms with Crippen LogP contribution < -0.4 is 8.38 Å². The predicted octanol–water partition coefficient (Wildman–Crippen LogP) is 2.40. The van der Waals surface area contributed by atoms with E-state index in [2.05, 4.69) is 0 Å². The van der Waals surface area contributed by atoms with Crippen molar-refractivity contribution in [3.8, 4) is 0 Å². The molecule has 1 atom stereocenters. The standard InChI is InChI=1S/C16H15NO2Se/c1-10-8-11(2)15(12(3)9-10)17-16(18)13-6-4-5-7-14(13)20(17)19/h4-9H,1-3H3. The fourth-order valence-electron chi connectivity index (χ4n) is 2.76. The zero-order chi connectivity index (χ0) is 14.4. The van der Waals surface area contributed by atoms with Crippen LogP contribution in [0.4, 0.5) is 5.69 Å². The van der Waals surface area contributed by atoms with Crippen molar-refractivity contribution in [1.82, 2.24) is 0 Å². The summed E-state index contributed by atoms with van der Waals surface area (Å²) < 4.78 is 14.9. The normalized spacial score (nSPS) is 17.4. The first-order valence-corrected chi connectivity index (χ1v) is 8.76. The molecule has 0 fully saturated rings. The van der Waals surface area contributed by atoms with Gasteiger partial charge in [0.15, 0.2) is 0 Å². The number of fused-ring (bicyclic) bond motifs is 1. The van der Waals surface area contributed by atoms with Gasteiger partial charge < -0.3 is 0 Å². The van der Waals surface area contributed by atoms with Gasteiger partial charge in [0.05, 0.1) is 0 Å². The van der Waals surface area contributed by atoms with Crippen LogP contribution >= 0.6 is 0 Å². The molecule has 0 spiro atoms. The Morgan fingerprint density at radius 2 is 1.60 bits per heavy atom. The Labute approximate surface area is 122 Å². The summed E-state index contributed by atoms with van der Waals surface area (Å²) in [5.41, 5.74) is 4.51. The Bertz CT molecular complexity index is 694. The fourth-order valence-corrected chi connectivity index (χ4v) is 5.77. The van der Waals surface area contributed by atoms with E-state index in [1.807, 2.05) is 45.0 Å². The monoisotopic (exact) mass is 333 g/mol. The van der Waals surface area contributed by atoms with Gasteiger partial charge in [-0.15, -0.1) is 0 Å². The van der Waals surface area contributed by atoms with Gasteiger partial charge in [-0.25, -0.2) is 0 Å². The van der Waals surface area contributed by atoms with Crippen molar-refractivity contribution in [3.63, 3.8) is 0 Å². The van der Waals surface area contributed by atoms with Gasteiger partial charge in [0.1, 0.15) is 0 Å². The zero-order valence-corrected chi connectivity index (χ0v) is 13.3. The van der Waals surface area contributed by atoms with E-state index in [4.69, 9.17) is 0 Å². The molecule has 2 aromatic carbocycles. The molecule has 0 aromatic heterocycles. The number of benzene rings is 2. The van der Waals surface area contributed by atoms with Crippen LogP contribution in [0.15, 0.2) is 36.4 Å². The maximum atomic E-state index is 12.7. The van der Waals surface area contributed by atoms with Crippen molar-refractivity contribution in [2.75, 3.05) is 3.92 Å². The molecule has 1 unspecified atom stereocenters. The molecule has 1 amide bonds. The van der Waals surface area contributed by atoms with Crippen LogP contribution in [0.5, 0.6) is 0 Å². The number of hydrogen-bond acceptors (Lipinski definition) is 2. The summed E-state index contributed by atoms with van der Waals surface area (Å²) in [4.78, 5) is 12.6. The van der Waals surface area contributed by atoms with E-state index in [0.29, 0.717) is 10.0 Å². The van der Waals surface area contributed by atoms with E-state index in [0.717, 1.165) is 22.4 Å². The van der Waals surface area contributed by atoms with Gasteiger partial charge in [-0.2, -0.15) is 0 Å². The average molecular weight is 332 g/mol. The number of carbonyl (C=O) groups excluding carboxylic acids is 1. The first-order chi connectivity index (χ1) is 9.50. The molecule has 0 saturated carbocycles. The summed E-state index contributed by atoms with van der Waals surface area (Å²) in [6, 6.07) is 11.2. The third-order valence-electron chi connectivity index (χ3n) is 3.49. The number of rotatable bonds is 1. The number of nitrogens with zero attached hydrogens (tertiary/aromatic N) is 1. The molecular formula is C16H15NO2Se. The second kappa shape index (κ2) is 4.65. The molecule has 1 heterocycles. The maximum absolute atomic E-state index is 12.7. The van der Waals surface area contributed by atoms with Crippen LogP contribution in [0, 0.1) is 20.8 Å². The zero-order valence-electron chi connectivity index (χ0n) is 11.6. The molecule has 0 saturated heterocycles. The molecule has 4 heteroatoms. The van der Waals surface area contributed by atoms with Crippen LogP contribution in [0.2, 0.25) is 0 Å². The van der Waals surface area contributed by atoms with Crippen LogP contribution in [-0.4, -0.2) is 20.0 Å². The molecule has 2 aromatic rings. The van der Waals surface area contributed by atoms with Gasteiger partial charge in [-0.3, -0.25) is 0 Å². The van der Waals surface area contributed by atoms with E-state index in [-0.39, 0.29) is 5.91 Å². The number of aryl methyl sites for hydroxylation is 3. The third-order valence-corrected chi connectivity index (χ3v) is 6.46. The first-order valence-electron chi connectivity index (χ1n) is 6.44. The third kappa shape index (κ3) is 1.84. The number of hydrogen-bond donors (Lipinski definition) is 0. The summed E-state index contributed by atoms with van der Waals surface area (Å²) >= 11 is -2.53. The van der Waals surface area contributed by atoms with Gasteiger partial charge in [0.2, 0.25) is 0 Å². The SMILES string of the molecule is Cc1cc(C)c(N2C(=O)c3ccccc3[Se]2=O)c(C)c1. The van der Waals surface area contributed by atoms with Crippen molar-refractivity contribution >= 4 is 30.1 Å². The minimum atomic E-state index is -2.53. The molecular weight excluding hydrogens is 317 g/mol. The van der Waals surface area contributed by atoms with Crippen molar-refractivity contribution in [3.05, 3.63) is 58.7 Å². The molecule has 1 aliphatic rings. The molecule has 3 nitrogen and oxygen atoms in total. The predicted molar refractivity (Wildman–Crippen MR) is 80.0 cm³/mol. The van der Waals surface area contributed by atoms with Crippen molar-refractivity contribution in [2.24, 2.45) is 0 Å². The van der Waals surface area contributed by atoms with E-state index < -0.39 is 14.1 Å². The minimum absolute atomic E-state index is 0.143. The summed E-state index contributed by atoms with van der Waals surface area (Å²) in [7, 11) is 0. The molecule has 0 N–H and O–H groups in total. The number of amides is 1. The fraction of sp³-hybridized carbons (Fsp3) is 0.188. The quantitative estimate of drug-likeness (QED) is 0.752. The van der Waals surface area contributed by atoms with Crippen molar-refractivity contribution in [2.45, 2.75) is 20.8 Å². The van der Waals surface area contributed by atoms with E-state index >= 15 is 0 Å². The molecule has 20 heavy (non-hydrogen) atoms. The topological polar surface area (TPSA) is 37.4 Å². The molecule has 0 radical (unpaired) electrons. The van der Waals surface area contributed by atoms with Gasteiger partial charge in [-0.1, -0.05) is 0 Å². The Morgan fingerprint density at radius 3 is 2.20 bits per heavy atom. The summed E-state index contributed by atoms with van der Waals surface area (Å²) in [6.45, 7) is 5.95. The second-order valence-corrected chi connectivity index (χ2v) is 7.83. The summed E-state index contributed by atoms with van der Waals surface area (Å²) in [5.74, 6) is -0.143. The Morgan fingerprint density at radius 1 is 1.00 bits per heavy atom. The molecule has 3 rings (SSSR count). The first kappa shape index (κ1) is 13.2. The van der Waals surface area contributed by atoms with E-state index in [1.54, 1.807) is 12.1 Å². The van der Waals surface area contributed by atoms with Crippen LogP contribution in [-0.2, 0) is 3.83 Å². The van der Waals surface area contributed by atoms with E-state index in [9.17, 15) is 8.63 Å². The van der Waals surface area contributed by atoms with Gasteiger partial charge in [0.25, 0.3) is 0 Å². The van der Waals surface area contributed by atoms with Crippen LogP contribution in [0.3, 0.4) is 0 Å². The van der Waals surface area contributed by atoms with E-state index in [1.165, 1.54) is 3.92 Å². The second-order valence-electron chi connectivity index (χ2n) is 5.09. The number of anilines is 1. The Hall–Kier alpha value is -1.77. The molecule has 0 bridgehead atoms. The molecule has 102 valence electrons. The van der Waals surface area contributed by atoms with Crippen molar-refractivity contribution < 1.29 is 8.63 Å².